The molecule has 2 rings (SSSR count). The maximum atomic E-state index is 11.9. The molecule has 0 aromatic carbocycles. The number of thiophene rings is 1. The Bertz CT molecular complexity index is 662. The minimum Gasteiger partial charge on any atom is -0.463 e. The van der Waals surface area contributed by atoms with Crippen LogP contribution < -0.4 is 5.32 Å². The molecule has 0 unspecified atom stereocenters. The average Bonchev–Trinajstić information content (AvgIpc) is 3.08. The monoisotopic (exact) mass is 336 g/mol. The van der Waals surface area contributed by atoms with E-state index in [1.54, 1.807) is 20.8 Å². The molecule has 1 amide bonds. The predicted octanol–water partition coefficient (Wildman–Crippen LogP) is 2.71. The Hall–Kier alpha value is -2.15. The second kappa shape index (κ2) is 7.92. The van der Waals surface area contributed by atoms with Gasteiger partial charge in [0.15, 0.2) is 0 Å². The van der Waals surface area contributed by atoms with Crippen LogP contribution in [-0.2, 0) is 20.7 Å². The molecular formula is C16H20N2O4S. The fourth-order valence-electron chi connectivity index (χ4n) is 1.94. The molecular weight excluding hydrogens is 316 g/mol. The van der Waals surface area contributed by atoms with Crippen LogP contribution in [0.4, 0.5) is 0 Å². The number of ether oxygens (including phenoxy) is 1. The average molecular weight is 336 g/mol. The van der Waals surface area contributed by atoms with E-state index in [9.17, 15) is 9.59 Å². The molecule has 2 aromatic rings. The maximum Gasteiger partial charge on any atom is 0.307 e. The standard InChI is InChI=1S/C16H20N2O4S/c1-10(2)21-15(20)6-7-17-14(19)9-12-11(3)22-16(18-12)13-5-4-8-23-13/h4-5,8,10H,6-7,9H2,1-3H3,(H,17,19). The number of hydrogen-bond acceptors (Lipinski definition) is 6. The number of esters is 1. The quantitative estimate of drug-likeness (QED) is 0.786. The zero-order valence-corrected chi connectivity index (χ0v) is 14.2. The highest BCUT2D eigenvalue weighted by molar-refractivity contribution is 7.13. The topological polar surface area (TPSA) is 81.4 Å². The summed E-state index contributed by atoms with van der Waals surface area (Å²) in [6.07, 6.45) is 0.133. The third kappa shape index (κ3) is 5.21. The molecule has 0 aliphatic heterocycles. The van der Waals surface area contributed by atoms with E-state index in [4.69, 9.17) is 9.15 Å². The smallest absolute Gasteiger partial charge is 0.307 e. The molecule has 0 bridgehead atoms. The fourth-order valence-corrected chi connectivity index (χ4v) is 2.59. The summed E-state index contributed by atoms with van der Waals surface area (Å²) >= 11 is 1.53. The largest absolute Gasteiger partial charge is 0.463 e. The number of hydrogen-bond donors (Lipinski definition) is 1. The molecule has 0 saturated heterocycles. The lowest BCUT2D eigenvalue weighted by atomic mass is 10.2. The van der Waals surface area contributed by atoms with Gasteiger partial charge in [-0.05, 0) is 32.2 Å². The molecule has 0 spiro atoms. The first-order chi connectivity index (χ1) is 11.0. The zero-order valence-electron chi connectivity index (χ0n) is 13.4. The van der Waals surface area contributed by atoms with Crippen LogP contribution in [0.15, 0.2) is 21.9 Å². The Morgan fingerprint density at radius 2 is 2.22 bits per heavy atom. The number of carbonyl (C=O) groups excluding carboxylic acids is 2. The highest BCUT2D eigenvalue weighted by Gasteiger charge is 2.15. The summed E-state index contributed by atoms with van der Waals surface area (Å²) in [5.41, 5.74) is 0.607. The molecule has 7 heteroatoms. The normalized spacial score (nSPS) is 10.8. The molecule has 23 heavy (non-hydrogen) atoms. The number of aryl methyl sites for hydroxylation is 1. The number of rotatable bonds is 7. The number of nitrogens with one attached hydrogen (secondary N) is 1. The molecule has 1 N–H and O–H groups in total. The van der Waals surface area contributed by atoms with Crippen LogP contribution in [-0.4, -0.2) is 29.5 Å². The third-order valence-electron chi connectivity index (χ3n) is 2.97. The van der Waals surface area contributed by atoms with Gasteiger partial charge in [0, 0.05) is 6.54 Å². The van der Waals surface area contributed by atoms with E-state index in [2.05, 4.69) is 10.3 Å². The first-order valence-corrected chi connectivity index (χ1v) is 8.30. The van der Waals surface area contributed by atoms with Crippen LogP contribution in [0, 0.1) is 6.92 Å². The second-order valence-electron chi connectivity index (χ2n) is 5.31. The van der Waals surface area contributed by atoms with Crippen molar-refractivity contribution in [1.82, 2.24) is 10.3 Å². The summed E-state index contributed by atoms with van der Waals surface area (Å²) < 4.78 is 10.6. The number of nitrogens with zero attached hydrogens (tertiary/aromatic N) is 1. The third-order valence-corrected chi connectivity index (χ3v) is 3.83. The molecule has 6 nitrogen and oxygen atoms in total. The number of amides is 1. The van der Waals surface area contributed by atoms with Gasteiger partial charge in [0.2, 0.25) is 11.8 Å². The minimum absolute atomic E-state index is 0.125. The molecule has 0 aliphatic carbocycles. The molecule has 0 aliphatic rings. The van der Waals surface area contributed by atoms with E-state index in [0.717, 1.165) is 4.88 Å². The van der Waals surface area contributed by atoms with E-state index in [-0.39, 0.29) is 37.4 Å². The highest BCUT2D eigenvalue weighted by Crippen LogP contribution is 2.25. The van der Waals surface area contributed by atoms with E-state index in [1.807, 2.05) is 17.5 Å². The van der Waals surface area contributed by atoms with Gasteiger partial charge in [-0.2, -0.15) is 0 Å². The number of carbonyl (C=O) groups is 2. The van der Waals surface area contributed by atoms with Crippen LogP contribution in [0.3, 0.4) is 0 Å². The summed E-state index contributed by atoms with van der Waals surface area (Å²) in [4.78, 5) is 28.6. The zero-order chi connectivity index (χ0) is 16.8. The second-order valence-corrected chi connectivity index (χ2v) is 6.26. The van der Waals surface area contributed by atoms with Crippen LogP contribution in [0.25, 0.3) is 10.8 Å². The van der Waals surface area contributed by atoms with E-state index < -0.39 is 0 Å². The van der Waals surface area contributed by atoms with E-state index >= 15 is 0 Å². The van der Waals surface area contributed by atoms with Gasteiger partial charge in [0.1, 0.15) is 5.76 Å². The van der Waals surface area contributed by atoms with Gasteiger partial charge in [0.25, 0.3) is 0 Å². The summed E-state index contributed by atoms with van der Waals surface area (Å²) in [5.74, 6) is 0.637. The van der Waals surface area contributed by atoms with Gasteiger partial charge in [-0.25, -0.2) is 4.98 Å². The Morgan fingerprint density at radius 1 is 1.43 bits per heavy atom. The Kier molecular flexibility index (Phi) is 5.92. The first-order valence-electron chi connectivity index (χ1n) is 7.42. The van der Waals surface area contributed by atoms with Gasteiger partial charge in [0.05, 0.1) is 29.5 Å². The minimum atomic E-state index is -0.321. The van der Waals surface area contributed by atoms with E-state index in [0.29, 0.717) is 17.3 Å². The Labute approximate surface area is 138 Å². The van der Waals surface area contributed by atoms with Crippen molar-refractivity contribution in [2.24, 2.45) is 0 Å². The lowest BCUT2D eigenvalue weighted by Gasteiger charge is -2.08. The molecule has 0 saturated carbocycles. The van der Waals surface area contributed by atoms with Crippen LogP contribution in [0.2, 0.25) is 0 Å². The molecule has 2 aromatic heterocycles. The fraction of sp³-hybridized carbons (Fsp3) is 0.438. The van der Waals surface area contributed by atoms with Crippen molar-refractivity contribution >= 4 is 23.2 Å². The van der Waals surface area contributed by atoms with Crippen molar-refractivity contribution in [1.29, 1.82) is 0 Å². The molecule has 124 valence electrons. The predicted molar refractivity (Wildman–Crippen MR) is 87.1 cm³/mol. The molecule has 0 atom stereocenters. The van der Waals surface area contributed by atoms with Crippen molar-refractivity contribution in [3.8, 4) is 10.8 Å². The van der Waals surface area contributed by atoms with Crippen LogP contribution >= 0.6 is 11.3 Å². The van der Waals surface area contributed by atoms with Gasteiger partial charge >= 0.3 is 5.97 Å². The van der Waals surface area contributed by atoms with Crippen molar-refractivity contribution in [3.63, 3.8) is 0 Å². The summed E-state index contributed by atoms with van der Waals surface area (Å²) in [7, 11) is 0. The van der Waals surface area contributed by atoms with Crippen molar-refractivity contribution < 1.29 is 18.7 Å². The SMILES string of the molecule is Cc1oc(-c2cccs2)nc1CC(=O)NCCC(=O)OC(C)C. The summed E-state index contributed by atoms with van der Waals surface area (Å²) in [6, 6.07) is 3.84. The van der Waals surface area contributed by atoms with Crippen molar-refractivity contribution in [2.45, 2.75) is 39.7 Å². The lowest BCUT2D eigenvalue weighted by molar-refractivity contribution is -0.147. The lowest BCUT2D eigenvalue weighted by Crippen LogP contribution is -2.28. The highest BCUT2D eigenvalue weighted by atomic mass is 32.1. The van der Waals surface area contributed by atoms with Gasteiger partial charge in [-0.1, -0.05) is 6.07 Å². The molecule has 0 radical (unpaired) electrons. The van der Waals surface area contributed by atoms with E-state index in [1.165, 1.54) is 11.3 Å². The van der Waals surface area contributed by atoms with Crippen LogP contribution in [0.5, 0.6) is 0 Å². The van der Waals surface area contributed by atoms with Crippen LogP contribution in [0.1, 0.15) is 31.7 Å². The Morgan fingerprint density at radius 3 is 2.87 bits per heavy atom. The van der Waals surface area contributed by atoms with Gasteiger partial charge < -0.3 is 14.5 Å². The van der Waals surface area contributed by atoms with Gasteiger partial charge in [-0.3, -0.25) is 9.59 Å². The summed E-state index contributed by atoms with van der Waals surface area (Å²) in [5, 5.41) is 4.63. The number of oxazole rings is 1. The molecule has 2 heterocycles. The van der Waals surface area contributed by atoms with Crippen molar-refractivity contribution in [3.05, 3.63) is 29.0 Å². The van der Waals surface area contributed by atoms with Gasteiger partial charge in [-0.15, -0.1) is 11.3 Å². The Balaban J connectivity index is 1.83. The first kappa shape index (κ1) is 17.2. The number of aromatic nitrogens is 1. The summed E-state index contributed by atoms with van der Waals surface area (Å²) in [6.45, 7) is 5.61. The molecule has 0 fully saturated rings. The van der Waals surface area contributed by atoms with Crippen molar-refractivity contribution in [2.75, 3.05) is 6.54 Å². The maximum absolute atomic E-state index is 11.9.